The molecule has 1 aliphatic heterocycles. The van der Waals surface area contributed by atoms with Crippen molar-refractivity contribution < 1.29 is 37.0 Å². The number of methoxy groups -OCH3 is 1. The Morgan fingerprint density at radius 1 is 1.18 bits per heavy atom. The van der Waals surface area contributed by atoms with Gasteiger partial charge < -0.3 is 20.1 Å². The molecule has 0 aliphatic carbocycles. The number of nitriles is 1. The molecule has 3 rings (SSSR count). The zero-order chi connectivity index (χ0) is 28.9. The number of hydrogen-bond donors (Lipinski definition) is 2. The summed E-state index contributed by atoms with van der Waals surface area (Å²) in [5.74, 6) is -4.92. The number of benzene rings is 2. The van der Waals surface area contributed by atoms with Crippen LogP contribution in [-0.2, 0) is 25.3 Å². The second kappa shape index (κ2) is 12.6. The number of alkyl halides is 3. The van der Waals surface area contributed by atoms with Gasteiger partial charge in [-0.15, -0.1) is 0 Å². The average molecular weight is 602 g/mol. The minimum atomic E-state index is -4.72. The molecule has 0 bridgehead atoms. The summed E-state index contributed by atoms with van der Waals surface area (Å²) < 4.78 is 49.6. The number of rotatable bonds is 8. The summed E-state index contributed by atoms with van der Waals surface area (Å²) in [6.45, 7) is 2.11. The smallest absolute Gasteiger partial charge is 0.417 e. The predicted octanol–water partition coefficient (Wildman–Crippen LogP) is 5.52. The lowest BCUT2D eigenvalue weighted by Gasteiger charge is -2.31. The van der Waals surface area contributed by atoms with Crippen molar-refractivity contribution in [3.8, 4) is 11.8 Å². The van der Waals surface area contributed by atoms with E-state index in [-0.39, 0.29) is 27.1 Å². The lowest BCUT2D eigenvalue weighted by atomic mass is 9.78. The number of amides is 2. The second-order valence-electron chi connectivity index (χ2n) is 7.97. The van der Waals surface area contributed by atoms with Crippen molar-refractivity contribution in [2.24, 2.45) is 5.92 Å². The maximum atomic E-state index is 13.1. The predicted molar refractivity (Wildman–Crippen MR) is 139 cm³/mol. The molecule has 0 spiro atoms. The first-order chi connectivity index (χ1) is 18.4. The molecule has 2 aromatic rings. The van der Waals surface area contributed by atoms with Crippen LogP contribution in [0.15, 0.2) is 47.0 Å². The number of ether oxygens (including phenoxy) is 2. The third-order valence-electron chi connectivity index (χ3n) is 5.50. The van der Waals surface area contributed by atoms with E-state index in [2.05, 4.69) is 10.6 Å². The molecule has 0 radical (unpaired) electrons. The summed E-state index contributed by atoms with van der Waals surface area (Å²) >= 11 is 12.7. The Balaban J connectivity index is 1.90. The number of thioether (sulfide) groups is 1. The van der Waals surface area contributed by atoms with E-state index in [9.17, 15) is 32.8 Å². The number of carbonyl (C=O) groups is 3. The quantitative estimate of drug-likeness (QED) is 0.302. The largest absolute Gasteiger partial charge is 0.492 e. The number of hydrogen-bond acceptors (Lipinski definition) is 7. The minimum Gasteiger partial charge on any atom is -0.492 e. The van der Waals surface area contributed by atoms with Crippen molar-refractivity contribution in [2.75, 3.05) is 24.8 Å². The van der Waals surface area contributed by atoms with Gasteiger partial charge in [-0.1, -0.05) is 41.0 Å². The highest BCUT2D eigenvalue weighted by molar-refractivity contribution is 8.03. The van der Waals surface area contributed by atoms with Gasteiger partial charge in [-0.3, -0.25) is 14.4 Å². The average Bonchev–Trinajstić information content (AvgIpc) is 2.88. The molecule has 0 fully saturated rings. The Bertz CT molecular complexity index is 1380. The summed E-state index contributed by atoms with van der Waals surface area (Å²) in [4.78, 5) is 38.0. The minimum absolute atomic E-state index is 0.0000955. The summed E-state index contributed by atoms with van der Waals surface area (Å²) in [6.07, 6.45) is -4.72. The van der Waals surface area contributed by atoms with Gasteiger partial charge in [-0.25, -0.2) is 0 Å². The number of nitrogens with zero attached hydrogens (tertiary/aromatic N) is 1. The van der Waals surface area contributed by atoms with Crippen LogP contribution >= 0.6 is 35.0 Å². The molecule has 2 N–H and O–H groups in total. The number of allylic oxidation sites excluding steroid dienone is 1. The zero-order valence-electron chi connectivity index (χ0n) is 20.3. The molecule has 0 aromatic heterocycles. The fourth-order valence-corrected chi connectivity index (χ4v) is 5.13. The van der Waals surface area contributed by atoms with Crippen LogP contribution in [0.1, 0.15) is 24.0 Å². The molecule has 0 unspecified atom stereocenters. The molecule has 14 heteroatoms. The zero-order valence-corrected chi connectivity index (χ0v) is 22.6. The van der Waals surface area contributed by atoms with Gasteiger partial charge in [0, 0.05) is 11.6 Å². The third kappa shape index (κ3) is 6.98. The summed E-state index contributed by atoms with van der Waals surface area (Å²) in [5.41, 5.74) is -0.941. The van der Waals surface area contributed by atoms with Crippen LogP contribution in [0.5, 0.6) is 5.75 Å². The number of carbonyl (C=O) groups excluding carboxylic acids is 3. The van der Waals surface area contributed by atoms with Crippen molar-refractivity contribution in [3.05, 3.63) is 68.2 Å². The van der Waals surface area contributed by atoms with E-state index in [1.54, 1.807) is 19.1 Å². The Morgan fingerprint density at radius 2 is 1.90 bits per heavy atom. The number of esters is 1. The van der Waals surface area contributed by atoms with Gasteiger partial charge >= 0.3 is 12.1 Å². The number of halogens is 5. The molecule has 0 saturated carbocycles. The van der Waals surface area contributed by atoms with Gasteiger partial charge in [0.1, 0.15) is 11.7 Å². The highest BCUT2D eigenvalue weighted by Crippen LogP contribution is 2.42. The van der Waals surface area contributed by atoms with E-state index < -0.39 is 46.4 Å². The van der Waals surface area contributed by atoms with Crippen LogP contribution in [0.3, 0.4) is 0 Å². The van der Waals surface area contributed by atoms with E-state index in [1.165, 1.54) is 12.1 Å². The van der Waals surface area contributed by atoms with Crippen LogP contribution in [0, 0.1) is 17.2 Å². The molecule has 1 heterocycles. The Labute approximate surface area is 235 Å². The maximum absolute atomic E-state index is 13.1. The first-order valence-corrected chi connectivity index (χ1v) is 12.9. The Hall–Kier alpha value is -3.40. The number of anilines is 1. The van der Waals surface area contributed by atoms with Crippen LogP contribution < -0.4 is 15.4 Å². The fourth-order valence-electron chi connectivity index (χ4n) is 3.82. The molecule has 0 saturated heterocycles. The van der Waals surface area contributed by atoms with Gasteiger partial charge in [-0.2, -0.15) is 18.4 Å². The Kier molecular flexibility index (Phi) is 9.77. The molecular formula is C25H20Cl2F3N3O5S. The highest BCUT2D eigenvalue weighted by Gasteiger charge is 2.44. The molecule has 2 amide bonds. The summed E-state index contributed by atoms with van der Waals surface area (Å²) in [6, 6.07) is 9.45. The van der Waals surface area contributed by atoms with Crippen molar-refractivity contribution in [1.29, 1.82) is 5.26 Å². The SMILES string of the molecule is CCOc1ccc([C@H]2C(C#N)=C(SCC(=O)Nc3ccc(Cl)c(C(F)(F)F)c3)NC(=O)[C@H]2C(=O)OC)cc1Cl. The Morgan fingerprint density at radius 3 is 2.49 bits per heavy atom. The molecule has 2 aromatic carbocycles. The molecular weight excluding hydrogens is 582 g/mol. The summed E-state index contributed by atoms with van der Waals surface area (Å²) in [5, 5.41) is 14.4. The van der Waals surface area contributed by atoms with E-state index in [0.717, 1.165) is 24.9 Å². The van der Waals surface area contributed by atoms with Gasteiger partial charge in [0.15, 0.2) is 0 Å². The van der Waals surface area contributed by atoms with Gasteiger partial charge in [0.05, 0.1) is 51.7 Å². The molecule has 206 valence electrons. The molecule has 1 aliphatic rings. The van der Waals surface area contributed by atoms with E-state index >= 15 is 0 Å². The van der Waals surface area contributed by atoms with Crippen LogP contribution in [0.4, 0.5) is 18.9 Å². The monoisotopic (exact) mass is 601 g/mol. The van der Waals surface area contributed by atoms with Gasteiger partial charge in [-0.05, 0) is 42.8 Å². The summed E-state index contributed by atoms with van der Waals surface area (Å²) in [7, 11) is 1.10. The van der Waals surface area contributed by atoms with Crippen LogP contribution in [0.25, 0.3) is 0 Å². The lowest BCUT2D eigenvalue weighted by Crippen LogP contribution is -2.44. The third-order valence-corrected chi connectivity index (χ3v) is 7.14. The normalized spacial score (nSPS) is 17.2. The van der Waals surface area contributed by atoms with E-state index in [0.29, 0.717) is 24.0 Å². The van der Waals surface area contributed by atoms with Gasteiger partial charge in [0.2, 0.25) is 11.8 Å². The van der Waals surface area contributed by atoms with Crippen molar-refractivity contribution in [1.82, 2.24) is 5.32 Å². The standard InChI is InChI=1S/C25H20Cl2F3N3O5S/c1-3-38-18-7-4-12(8-17(18)27)20-14(10-31)23(33-22(35)21(20)24(36)37-2)39-11-19(34)32-13-5-6-16(26)15(9-13)25(28,29)30/h4-9,20-21H,3,11H2,1-2H3,(H,32,34)(H,33,35)/t20-,21-/m0/s1. The molecule has 8 nitrogen and oxygen atoms in total. The van der Waals surface area contributed by atoms with Crippen molar-refractivity contribution >= 4 is 58.4 Å². The fraction of sp³-hybridized carbons (Fsp3) is 0.280. The number of nitrogens with one attached hydrogen (secondary N) is 2. The van der Waals surface area contributed by atoms with E-state index in [4.69, 9.17) is 32.7 Å². The second-order valence-corrected chi connectivity index (χ2v) is 9.77. The lowest BCUT2D eigenvalue weighted by molar-refractivity contribution is -0.150. The first-order valence-electron chi connectivity index (χ1n) is 11.2. The first kappa shape index (κ1) is 30.1. The van der Waals surface area contributed by atoms with Crippen molar-refractivity contribution in [2.45, 2.75) is 19.0 Å². The topological polar surface area (TPSA) is 118 Å². The van der Waals surface area contributed by atoms with E-state index in [1.807, 2.05) is 6.07 Å². The van der Waals surface area contributed by atoms with Crippen molar-refractivity contribution in [3.63, 3.8) is 0 Å². The molecule has 2 atom stereocenters. The van der Waals surface area contributed by atoms with Gasteiger partial charge in [0.25, 0.3) is 0 Å². The maximum Gasteiger partial charge on any atom is 0.417 e. The van der Waals surface area contributed by atoms with Crippen LogP contribution in [0.2, 0.25) is 10.0 Å². The highest BCUT2D eigenvalue weighted by atomic mass is 35.5. The molecule has 39 heavy (non-hydrogen) atoms. The van der Waals surface area contributed by atoms with Crippen LogP contribution in [-0.4, -0.2) is 37.3 Å².